The van der Waals surface area contributed by atoms with Crippen LogP contribution >= 0.6 is 15.9 Å². The molecule has 4 nitrogen and oxygen atoms in total. The molecule has 0 radical (unpaired) electrons. The average molecular weight is 316 g/mol. The number of amides is 1. The molecule has 2 aromatic rings. The number of nitriles is 1. The van der Waals surface area contributed by atoms with Crippen LogP contribution in [0.15, 0.2) is 46.9 Å². The molecule has 3 N–H and O–H groups in total. The molecule has 0 heterocycles. The predicted octanol–water partition coefficient (Wildman–Crippen LogP) is 3.16. The van der Waals surface area contributed by atoms with Crippen molar-refractivity contribution in [3.05, 3.63) is 58.1 Å². The van der Waals surface area contributed by atoms with Crippen molar-refractivity contribution in [3.63, 3.8) is 0 Å². The number of rotatable bonds is 2. The van der Waals surface area contributed by atoms with Gasteiger partial charge in [0, 0.05) is 21.4 Å². The highest BCUT2D eigenvalue weighted by atomic mass is 79.9. The number of anilines is 2. The minimum Gasteiger partial charge on any atom is -0.398 e. The Balaban J connectivity index is 2.21. The highest BCUT2D eigenvalue weighted by Crippen LogP contribution is 2.21. The van der Waals surface area contributed by atoms with Crippen LogP contribution in [0.25, 0.3) is 0 Å². The van der Waals surface area contributed by atoms with Crippen molar-refractivity contribution in [3.8, 4) is 6.07 Å². The van der Waals surface area contributed by atoms with E-state index in [0.717, 1.165) is 0 Å². The third-order valence-corrected chi connectivity index (χ3v) is 3.20. The van der Waals surface area contributed by atoms with Crippen LogP contribution in [0, 0.1) is 11.3 Å². The first kappa shape index (κ1) is 13.1. The molecule has 19 heavy (non-hydrogen) atoms. The van der Waals surface area contributed by atoms with Crippen LogP contribution < -0.4 is 11.1 Å². The van der Waals surface area contributed by atoms with Gasteiger partial charge < -0.3 is 11.1 Å². The van der Waals surface area contributed by atoms with E-state index >= 15 is 0 Å². The molecular formula is C14H10BrN3O. The maximum Gasteiger partial charge on any atom is 0.255 e. The lowest BCUT2D eigenvalue weighted by Gasteiger charge is -2.06. The lowest BCUT2D eigenvalue weighted by Crippen LogP contribution is -2.12. The largest absolute Gasteiger partial charge is 0.398 e. The van der Waals surface area contributed by atoms with Crippen LogP contribution in [-0.4, -0.2) is 5.91 Å². The standard InChI is InChI=1S/C14H10BrN3O/c15-12-7-10(4-5-13(12)17)14(19)18-11-3-1-2-9(6-11)8-16/h1-7H,17H2,(H,18,19). The molecule has 5 heteroatoms. The van der Waals surface area contributed by atoms with E-state index in [0.29, 0.717) is 27.0 Å². The quantitative estimate of drug-likeness (QED) is 0.835. The zero-order chi connectivity index (χ0) is 13.8. The van der Waals surface area contributed by atoms with Gasteiger partial charge in [0.15, 0.2) is 0 Å². The number of nitrogens with two attached hydrogens (primary N) is 1. The minimum absolute atomic E-state index is 0.254. The zero-order valence-corrected chi connectivity index (χ0v) is 11.4. The average Bonchev–Trinajstić information content (AvgIpc) is 2.42. The van der Waals surface area contributed by atoms with Crippen LogP contribution in [0.1, 0.15) is 15.9 Å². The summed E-state index contributed by atoms with van der Waals surface area (Å²) in [7, 11) is 0. The van der Waals surface area contributed by atoms with Crippen LogP contribution in [0.4, 0.5) is 11.4 Å². The van der Waals surface area contributed by atoms with E-state index in [1.807, 2.05) is 6.07 Å². The number of carbonyl (C=O) groups is 1. The maximum absolute atomic E-state index is 12.0. The Morgan fingerprint density at radius 3 is 2.74 bits per heavy atom. The van der Waals surface area contributed by atoms with Gasteiger partial charge in [0.1, 0.15) is 0 Å². The fraction of sp³-hybridized carbons (Fsp3) is 0. The normalized spacial score (nSPS) is 9.68. The monoisotopic (exact) mass is 315 g/mol. The van der Waals surface area contributed by atoms with E-state index < -0.39 is 0 Å². The molecule has 0 fully saturated rings. The van der Waals surface area contributed by atoms with Crippen molar-refractivity contribution in [2.75, 3.05) is 11.1 Å². The Labute approximate surface area is 119 Å². The van der Waals surface area contributed by atoms with Gasteiger partial charge in [-0.3, -0.25) is 4.79 Å². The van der Waals surface area contributed by atoms with Crippen molar-refractivity contribution in [2.24, 2.45) is 0 Å². The van der Waals surface area contributed by atoms with E-state index in [1.54, 1.807) is 42.5 Å². The van der Waals surface area contributed by atoms with Gasteiger partial charge in [0.05, 0.1) is 11.6 Å². The Bertz CT molecular complexity index is 677. The molecule has 0 aliphatic heterocycles. The minimum atomic E-state index is -0.254. The van der Waals surface area contributed by atoms with Crippen molar-refractivity contribution in [1.29, 1.82) is 5.26 Å². The summed E-state index contributed by atoms with van der Waals surface area (Å²) in [5.74, 6) is -0.254. The third-order valence-electron chi connectivity index (χ3n) is 2.51. The highest BCUT2D eigenvalue weighted by Gasteiger charge is 2.08. The Morgan fingerprint density at radius 2 is 2.05 bits per heavy atom. The highest BCUT2D eigenvalue weighted by molar-refractivity contribution is 9.10. The van der Waals surface area contributed by atoms with Gasteiger partial charge >= 0.3 is 0 Å². The van der Waals surface area contributed by atoms with Crippen molar-refractivity contribution in [1.82, 2.24) is 0 Å². The number of nitrogen functional groups attached to an aromatic ring is 1. The van der Waals surface area contributed by atoms with Gasteiger partial charge in [-0.15, -0.1) is 0 Å². The summed E-state index contributed by atoms with van der Waals surface area (Å²) in [6.45, 7) is 0. The first-order chi connectivity index (χ1) is 9.10. The molecule has 0 unspecified atom stereocenters. The van der Waals surface area contributed by atoms with Crippen molar-refractivity contribution in [2.45, 2.75) is 0 Å². The molecular weight excluding hydrogens is 306 g/mol. The topological polar surface area (TPSA) is 78.9 Å². The molecule has 0 bridgehead atoms. The number of nitrogens with one attached hydrogen (secondary N) is 1. The van der Waals surface area contributed by atoms with Gasteiger partial charge in [-0.1, -0.05) is 6.07 Å². The molecule has 94 valence electrons. The van der Waals surface area contributed by atoms with Crippen molar-refractivity contribution >= 4 is 33.2 Å². The van der Waals surface area contributed by atoms with Gasteiger partial charge in [-0.2, -0.15) is 5.26 Å². The fourth-order valence-electron chi connectivity index (χ4n) is 1.54. The molecule has 1 amide bonds. The fourth-order valence-corrected chi connectivity index (χ4v) is 1.92. The second kappa shape index (κ2) is 5.55. The Kier molecular flexibility index (Phi) is 3.83. The van der Waals surface area contributed by atoms with E-state index in [1.165, 1.54) is 0 Å². The summed E-state index contributed by atoms with van der Waals surface area (Å²) in [5.41, 5.74) is 7.80. The van der Waals surface area contributed by atoms with E-state index in [4.69, 9.17) is 11.0 Å². The van der Waals surface area contributed by atoms with E-state index in [2.05, 4.69) is 21.2 Å². The molecule has 0 aliphatic carbocycles. The van der Waals surface area contributed by atoms with Gasteiger partial charge in [-0.05, 0) is 52.3 Å². The number of hydrogen-bond acceptors (Lipinski definition) is 3. The molecule has 2 aromatic carbocycles. The lowest BCUT2D eigenvalue weighted by atomic mass is 10.1. The first-order valence-corrected chi connectivity index (χ1v) is 6.26. The Morgan fingerprint density at radius 1 is 1.26 bits per heavy atom. The van der Waals surface area contributed by atoms with Gasteiger partial charge in [0.2, 0.25) is 0 Å². The summed E-state index contributed by atoms with van der Waals surface area (Å²) >= 11 is 3.27. The van der Waals surface area contributed by atoms with E-state index in [9.17, 15) is 4.79 Å². The summed E-state index contributed by atoms with van der Waals surface area (Å²) in [6, 6.07) is 13.7. The molecule has 0 atom stereocenters. The first-order valence-electron chi connectivity index (χ1n) is 5.46. The second-order valence-electron chi connectivity index (χ2n) is 3.88. The molecule has 0 saturated carbocycles. The second-order valence-corrected chi connectivity index (χ2v) is 4.74. The van der Waals surface area contributed by atoms with Gasteiger partial charge in [0.25, 0.3) is 5.91 Å². The number of carbonyl (C=O) groups excluding carboxylic acids is 1. The summed E-state index contributed by atoms with van der Waals surface area (Å²) < 4.78 is 0.672. The summed E-state index contributed by atoms with van der Waals surface area (Å²) in [4.78, 5) is 12.0. The lowest BCUT2D eigenvalue weighted by molar-refractivity contribution is 0.102. The molecule has 2 rings (SSSR count). The number of benzene rings is 2. The van der Waals surface area contributed by atoms with Gasteiger partial charge in [-0.25, -0.2) is 0 Å². The smallest absolute Gasteiger partial charge is 0.255 e. The van der Waals surface area contributed by atoms with Crippen molar-refractivity contribution < 1.29 is 4.79 Å². The zero-order valence-electron chi connectivity index (χ0n) is 9.85. The van der Waals surface area contributed by atoms with Crippen LogP contribution in [0.5, 0.6) is 0 Å². The summed E-state index contributed by atoms with van der Waals surface area (Å²) in [5, 5.41) is 11.5. The number of nitrogens with zero attached hydrogens (tertiary/aromatic N) is 1. The Hall–Kier alpha value is -2.32. The van der Waals surface area contributed by atoms with E-state index in [-0.39, 0.29) is 5.91 Å². The number of hydrogen-bond donors (Lipinski definition) is 2. The predicted molar refractivity (Wildman–Crippen MR) is 77.7 cm³/mol. The van der Waals surface area contributed by atoms with Crippen LogP contribution in [-0.2, 0) is 0 Å². The molecule has 0 spiro atoms. The maximum atomic E-state index is 12.0. The molecule has 0 aromatic heterocycles. The van der Waals surface area contributed by atoms with Crippen LogP contribution in [0.2, 0.25) is 0 Å². The van der Waals surface area contributed by atoms with Crippen LogP contribution in [0.3, 0.4) is 0 Å². The summed E-state index contributed by atoms with van der Waals surface area (Å²) in [6.07, 6.45) is 0. The third kappa shape index (κ3) is 3.12. The SMILES string of the molecule is N#Cc1cccc(NC(=O)c2ccc(N)c(Br)c2)c1. The molecule has 0 aliphatic rings. The molecule has 0 saturated heterocycles. The number of halogens is 1.